The van der Waals surface area contributed by atoms with Gasteiger partial charge in [-0.3, -0.25) is 0 Å². The first-order valence-electron chi connectivity index (χ1n) is 7.12. The van der Waals surface area contributed by atoms with Gasteiger partial charge in [0.1, 0.15) is 0 Å². The first-order valence-corrected chi connectivity index (χ1v) is 7.12. The first-order chi connectivity index (χ1) is 8.62. The molecule has 0 aromatic carbocycles. The first kappa shape index (κ1) is 18.1. The molecule has 120 valence electrons. The molecule has 0 aromatic rings. The van der Waals surface area contributed by atoms with Crippen molar-refractivity contribution in [1.82, 2.24) is 10.2 Å². The third-order valence-electron chi connectivity index (χ3n) is 4.77. The number of alkyl halides is 3. The number of rotatable bonds is 2. The van der Waals surface area contributed by atoms with Crippen LogP contribution >= 0.6 is 12.4 Å². The minimum Gasteiger partial charge on any atom is -0.316 e. The number of nitrogens with one attached hydrogen (secondary N) is 1. The summed E-state index contributed by atoms with van der Waals surface area (Å²) in [5.41, 5.74) is -0.458. The number of piperidine rings is 1. The summed E-state index contributed by atoms with van der Waals surface area (Å²) in [5, 5.41) is 3.35. The average Bonchev–Trinajstić information content (AvgIpc) is 2.60. The zero-order chi connectivity index (χ0) is 14.3. The summed E-state index contributed by atoms with van der Waals surface area (Å²) in [6.45, 7) is 9.78. The third kappa shape index (κ3) is 4.01. The van der Waals surface area contributed by atoms with Crippen molar-refractivity contribution in [3.8, 4) is 0 Å². The molecule has 0 radical (unpaired) electrons. The lowest BCUT2D eigenvalue weighted by Gasteiger charge is -2.46. The molecule has 2 heterocycles. The van der Waals surface area contributed by atoms with Gasteiger partial charge in [-0.1, -0.05) is 20.8 Å². The van der Waals surface area contributed by atoms with E-state index in [9.17, 15) is 13.2 Å². The Kier molecular flexibility index (Phi) is 5.43. The van der Waals surface area contributed by atoms with E-state index in [-0.39, 0.29) is 24.2 Å². The number of hydrogen-bond acceptors (Lipinski definition) is 2. The van der Waals surface area contributed by atoms with E-state index in [0.29, 0.717) is 13.1 Å². The predicted octanol–water partition coefficient (Wildman–Crippen LogP) is 3.32. The van der Waals surface area contributed by atoms with Gasteiger partial charge in [0.05, 0.1) is 5.92 Å². The van der Waals surface area contributed by atoms with Crippen molar-refractivity contribution in [1.29, 1.82) is 0 Å². The molecule has 2 fully saturated rings. The van der Waals surface area contributed by atoms with Crippen LogP contribution in [0.15, 0.2) is 0 Å². The molecule has 2 unspecified atom stereocenters. The third-order valence-corrected chi connectivity index (χ3v) is 4.77. The van der Waals surface area contributed by atoms with Crippen LogP contribution in [0.5, 0.6) is 0 Å². The Morgan fingerprint density at radius 2 is 1.90 bits per heavy atom. The standard InChI is InChI=1S/C14H25F3N2.ClH/c1-12(2)9-19(7-4-11(12)14(15,16)17)10-13(3)5-6-18-8-13;/h11,18H,4-10H2,1-3H3;1H. The van der Waals surface area contributed by atoms with Gasteiger partial charge in [0, 0.05) is 19.6 Å². The topological polar surface area (TPSA) is 15.3 Å². The molecule has 6 heteroatoms. The summed E-state index contributed by atoms with van der Waals surface area (Å²) < 4.78 is 39.0. The molecule has 0 aromatic heterocycles. The second kappa shape index (κ2) is 6.01. The second-order valence-corrected chi connectivity index (χ2v) is 7.32. The van der Waals surface area contributed by atoms with E-state index in [2.05, 4.69) is 17.1 Å². The summed E-state index contributed by atoms with van der Waals surface area (Å²) >= 11 is 0. The molecule has 0 bridgehead atoms. The fourth-order valence-electron chi connectivity index (χ4n) is 3.75. The van der Waals surface area contributed by atoms with Crippen molar-refractivity contribution >= 4 is 12.4 Å². The van der Waals surface area contributed by atoms with E-state index in [0.717, 1.165) is 26.1 Å². The molecule has 0 saturated carbocycles. The van der Waals surface area contributed by atoms with Gasteiger partial charge in [-0.25, -0.2) is 0 Å². The maximum Gasteiger partial charge on any atom is 0.392 e. The van der Waals surface area contributed by atoms with E-state index in [1.807, 2.05) is 0 Å². The monoisotopic (exact) mass is 314 g/mol. The van der Waals surface area contributed by atoms with Crippen molar-refractivity contribution < 1.29 is 13.2 Å². The van der Waals surface area contributed by atoms with Gasteiger partial charge in [-0.2, -0.15) is 13.2 Å². The molecule has 0 aliphatic carbocycles. The molecule has 20 heavy (non-hydrogen) atoms. The van der Waals surface area contributed by atoms with Crippen LogP contribution in [0.3, 0.4) is 0 Å². The van der Waals surface area contributed by atoms with Crippen molar-refractivity contribution in [2.45, 2.75) is 39.8 Å². The summed E-state index contributed by atoms with van der Waals surface area (Å²) in [7, 11) is 0. The highest BCUT2D eigenvalue weighted by Gasteiger charge is 2.51. The maximum absolute atomic E-state index is 13.0. The smallest absolute Gasteiger partial charge is 0.316 e. The van der Waals surface area contributed by atoms with E-state index in [1.165, 1.54) is 0 Å². The highest BCUT2D eigenvalue weighted by molar-refractivity contribution is 5.85. The highest BCUT2D eigenvalue weighted by Crippen LogP contribution is 2.45. The Bertz CT molecular complexity index is 325. The molecule has 2 aliphatic heterocycles. The zero-order valence-corrected chi connectivity index (χ0v) is 13.3. The molecular formula is C14H26ClF3N2. The van der Waals surface area contributed by atoms with Crippen LogP contribution in [0, 0.1) is 16.7 Å². The van der Waals surface area contributed by atoms with E-state index >= 15 is 0 Å². The van der Waals surface area contributed by atoms with Gasteiger partial charge in [0.2, 0.25) is 0 Å². The Morgan fingerprint density at radius 3 is 2.35 bits per heavy atom. The molecule has 0 spiro atoms. The van der Waals surface area contributed by atoms with E-state index in [1.54, 1.807) is 13.8 Å². The predicted molar refractivity (Wildman–Crippen MR) is 77.2 cm³/mol. The van der Waals surface area contributed by atoms with Crippen LogP contribution < -0.4 is 5.32 Å². The number of nitrogens with zero attached hydrogens (tertiary/aromatic N) is 1. The van der Waals surface area contributed by atoms with Crippen molar-refractivity contribution in [2.75, 3.05) is 32.7 Å². The van der Waals surface area contributed by atoms with Crippen LogP contribution in [0.4, 0.5) is 13.2 Å². The van der Waals surface area contributed by atoms with Gasteiger partial charge in [-0.15, -0.1) is 12.4 Å². The lowest BCUT2D eigenvalue weighted by Crippen LogP contribution is -2.52. The Labute approximate surface area is 125 Å². The molecule has 0 amide bonds. The highest BCUT2D eigenvalue weighted by atomic mass is 35.5. The van der Waals surface area contributed by atoms with Gasteiger partial charge in [-0.05, 0) is 36.8 Å². The Morgan fingerprint density at radius 1 is 1.25 bits per heavy atom. The maximum atomic E-state index is 13.0. The average molecular weight is 315 g/mol. The number of halogens is 4. The minimum atomic E-state index is -4.06. The van der Waals surface area contributed by atoms with Crippen LogP contribution in [-0.4, -0.2) is 43.8 Å². The summed E-state index contributed by atoms with van der Waals surface area (Å²) in [4.78, 5) is 2.23. The largest absolute Gasteiger partial charge is 0.392 e. The fraction of sp³-hybridized carbons (Fsp3) is 1.00. The van der Waals surface area contributed by atoms with Crippen molar-refractivity contribution in [2.24, 2.45) is 16.7 Å². The quantitative estimate of drug-likeness (QED) is 0.841. The SMILES string of the molecule is CC1(CN2CCC(C(F)(F)F)C(C)(C)C2)CCNC1.Cl. The van der Waals surface area contributed by atoms with Crippen molar-refractivity contribution in [3.63, 3.8) is 0 Å². The molecular weight excluding hydrogens is 289 g/mol. The van der Waals surface area contributed by atoms with Gasteiger partial charge in [0.25, 0.3) is 0 Å². The second-order valence-electron chi connectivity index (χ2n) is 7.32. The number of likely N-dealkylation sites (tertiary alicyclic amines) is 1. The lowest BCUT2D eigenvalue weighted by molar-refractivity contribution is -0.217. The fourth-order valence-corrected chi connectivity index (χ4v) is 3.75. The zero-order valence-electron chi connectivity index (χ0n) is 12.5. The molecule has 2 aliphatic rings. The summed E-state index contributed by atoms with van der Waals surface area (Å²) in [5.74, 6) is -1.16. The Balaban J connectivity index is 0.00000200. The van der Waals surface area contributed by atoms with Gasteiger partial charge in [0.15, 0.2) is 0 Å². The minimum absolute atomic E-state index is 0. The lowest BCUT2D eigenvalue weighted by atomic mass is 9.73. The van der Waals surface area contributed by atoms with Crippen LogP contribution in [0.1, 0.15) is 33.6 Å². The molecule has 1 N–H and O–H groups in total. The molecule has 2 rings (SSSR count). The van der Waals surface area contributed by atoms with Crippen molar-refractivity contribution in [3.05, 3.63) is 0 Å². The van der Waals surface area contributed by atoms with Crippen LogP contribution in [-0.2, 0) is 0 Å². The van der Waals surface area contributed by atoms with Gasteiger partial charge < -0.3 is 10.2 Å². The molecule has 2 saturated heterocycles. The molecule has 2 atom stereocenters. The molecule has 2 nitrogen and oxygen atoms in total. The van der Waals surface area contributed by atoms with Crippen LogP contribution in [0.25, 0.3) is 0 Å². The van der Waals surface area contributed by atoms with Gasteiger partial charge >= 0.3 is 6.18 Å². The summed E-state index contributed by atoms with van der Waals surface area (Å²) in [6, 6.07) is 0. The van der Waals surface area contributed by atoms with E-state index < -0.39 is 17.5 Å². The summed E-state index contributed by atoms with van der Waals surface area (Å²) in [6.07, 6.45) is -2.71. The van der Waals surface area contributed by atoms with Crippen LogP contribution in [0.2, 0.25) is 0 Å². The van der Waals surface area contributed by atoms with E-state index in [4.69, 9.17) is 0 Å². The number of hydrogen-bond donors (Lipinski definition) is 1. The normalized spacial score (nSPS) is 34.8. The Hall–Kier alpha value is 0.